The van der Waals surface area contributed by atoms with Gasteiger partial charge in [-0.25, -0.2) is 4.79 Å². The summed E-state index contributed by atoms with van der Waals surface area (Å²) in [6, 6.07) is 11.0. The Labute approximate surface area is 218 Å². The summed E-state index contributed by atoms with van der Waals surface area (Å²) < 4.78 is 4.71. The van der Waals surface area contributed by atoms with E-state index in [1.807, 2.05) is 0 Å². The Kier molecular flexibility index (Phi) is 6.62. The normalized spacial score (nSPS) is 21.7. The van der Waals surface area contributed by atoms with Gasteiger partial charge in [0.15, 0.2) is 5.78 Å². The Balaban J connectivity index is 1.34. The van der Waals surface area contributed by atoms with Crippen molar-refractivity contribution in [2.24, 2.45) is 4.99 Å². The Bertz CT molecular complexity index is 1420. The fraction of sp³-hybridized carbons (Fsp3) is 0.286. The number of carbonyl (C=O) groups excluding carboxylic acids is 5. The minimum Gasteiger partial charge on any atom is -0.511 e. The van der Waals surface area contributed by atoms with Crippen LogP contribution in [-0.2, 0) is 25.7 Å². The zero-order valence-corrected chi connectivity index (χ0v) is 20.6. The molecule has 2 aromatic carbocycles. The molecule has 2 heterocycles. The van der Waals surface area contributed by atoms with Crippen LogP contribution in [0.1, 0.15) is 63.4 Å². The first-order chi connectivity index (χ1) is 18.3. The quantitative estimate of drug-likeness (QED) is 0.354. The molecule has 0 aromatic heterocycles. The number of benzene rings is 2. The number of nitrogens with zero attached hydrogens (tertiary/aromatic N) is 2. The van der Waals surface area contributed by atoms with Gasteiger partial charge >= 0.3 is 5.97 Å². The number of hydrogen-bond acceptors (Lipinski definition) is 8. The number of nitrogens with one attached hydrogen (secondary N) is 1. The number of fused-ring (bicyclic) bond motifs is 1. The lowest BCUT2D eigenvalue weighted by Gasteiger charge is -2.29. The maximum atomic E-state index is 13.0. The lowest BCUT2D eigenvalue weighted by Crippen LogP contribution is -2.52. The number of hydrogen-bond donors (Lipinski definition) is 2. The molecule has 2 atom stereocenters. The molecule has 3 amide bonds. The standard InChI is InChI=1S/C28H25N3O7/c1-38-28(37)16-7-5-15(6-8-16)17-11-23(32)19(24(33)12-17)13-29-21-4-2-3-18-20(21)14-31(27(18)36)22-9-10-25(34)30-26(22)35/h2-8,13,17,22,32H,9-12,14H2,1H3,(H,30,34,35). The number of ether oxygens (including phenoxy) is 1. The fourth-order valence-electron chi connectivity index (χ4n) is 5.13. The first-order valence-electron chi connectivity index (χ1n) is 12.2. The minimum absolute atomic E-state index is 0.0825. The van der Waals surface area contributed by atoms with Gasteiger partial charge in [0.05, 0.1) is 23.9 Å². The summed E-state index contributed by atoms with van der Waals surface area (Å²) in [5.41, 5.74) is 2.81. The average molecular weight is 516 g/mol. The van der Waals surface area contributed by atoms with Gasteiger partial charge in [-0.1, -0.05) is 18.2 Å². The zero-order valence-electron chi connectivity index (χ0n) is 20.6. The Morgan fingerprint density at radius 2 is 1.87 bits per heavy atom. The molecule has 2 aromatic rings. The van der Waals surface area contributed by atoms with Gasteiger partial charge in [0, 0.05) is 43.1 Å². The number of ketones is 1. The van der Waals surface area contributed by atoms with E-state index in [0.717, 1.165) is 5.56 Å². The average Bonchev–Trinajstić information content (AvgIpc) is 3.24. The first-order valence-corrected chi connectivity index (χ1v) is 12.2. The summed E-state index contributed by atoms with van der Waals surface area (Å²) in [6.45, 7) is 0.149. The number of Topliss-reactive ketones (excluding diaryl/α,β-unsaturated/α-hetero) is 1. The number of allylic oxidation sites excluding steroid dienone is 2. The predicted octanol–water partition coefficient (Wildman–Crippen LogP) is 2.90. The molecule has 2 N–H and O–H groups in total. The number of aliphatic imine (C=N–C) groups is 1. The van der Waals surface area contributed by atoms with Crippen LogP contribution in [0, 0.1) is 0 Å². The van der Waals surface area contributed by atoms with Gasteiger partial charge in [0.2, 0.25) is 11.8 Å². The van der Waals surface area contributed by atoms with Gasteiger partial charge < -0.3 is 14.7 Å². The molecule has 194 valence electrons. The summed E-state index contributed by atoms with van der Waals surface area (Å²) in [6.07, 6.45) is 2.14. The van der Waals surface area contributed by atoms with Gasteiger partial charge in [-0.3, -0.25) is 29.5 Å². The summed E-state index contributed by atoms with van der Waals surface area (Å²) in [7, 11) is 1.30. The van der Waals surface area contributed by atoms with Crippen LogP contribution in [0.15, 0.2) is 58.8 Å². The number of aliphatic hydroxyl groups excluding tert-OH is 1. The van der Waals surface area contributed by atoms with Crippen LogP contribution in [0.3, 0.4) is 0 Å². The predicted molar refractivity (Wildman–Crippen MR) is 135 cm³/mol. The van der Waals surface area contributed by atoms with Crippen LogP contribution >= 0.6 is 0 Å². The number of rotatable bonds is 5. The molecule has 1 saturated heterocycles. The molecule has 10 nitrogen and oxygen atoms in total. The van der Waals surface area contributed by atoms with E-state index in [0.29, 0.717) is 22.4 Å². The second-order valence-electron chi connectivity index (χ2n) is 9.46. The molecular formula is C28H25N3O7. The van der Waals surface area contributed by atoms with Crippen molar-refractivity contribution in [3.8, 4) is 0 Å². The Morgan fingerprint density at radius 3 is 2.55 bits per heavy atom. The number of aliphatic hydroxyl groups is 1. The van der Waals surface area contributed by atoms with E-state index >= 15 is 0 Å². The maximum Gasteiger partial charge on any atom is 0.337 e. The number of imide groups is 1. The molecule has 2 aliphatic heterocycles. The summed E-state index contributed by atoms with van der Waals surface area (Å²) in [5.74, 6) is -2.22. The van der Waals surface area contributed by atoms with E-state index in [9.17, 15) is 29.1 Å². The number of esters is 1. The second-order valence-corrected chi connectivity index (χ2v) is 9.46. The summed E-state index contributed by atoms with van der Waals surface area (Å²) in [5, 5.41) is 13.0. The van der Waals surface area contributed by atoms with Gasteiger partial charge in [0.25, 0.3) is 5.91 Å². The highest BCUT2D eigenvalue weighted by Crippen LogP contribution is 2.36. The fourth-order valence-corrected chi connectivity index (χ4v) is 5.13. The molecule has 5 rings (SSSR count). The SMILES string of the molecule is COC(=O)c1ccc(C2CC(=O)C(C=Nc3cccc4c3CN(C3CCC(=O)NC3=O)C4=O)=C(O)C2)cc1. The monoisotopic (exact) mass is 515 g/mol. The molecule has 0 radical (unpaired) electrons. The van der Waals surface area contributed by atoms with E-state index in [1.165, 1.54) is 18.2 Å². The van der Waals surface area contributed by atoms with Crippen LogP contribution in [0.2, 0.25) is 0 Å². The number of carbonyl (C=O) groups is 5. The highest BCUT2D eigenvalue weighted by atomic mass is 16.5. The highest BCUT2D eigenvalue weighted by Gasteiger charge is 2.40. The first kappa shape index (κ1) is 25.1. The maximum absolute atomic E-state index is 13.0. The van der Waals surface area contributed by atoms with Gasteiger partial charge in [-0.05, 0) is 42.2 Å². The molecule has 1 fully saturated rings. The molecule has 38 heavy (non-hydrogen) atoms. The molecule has 1 aliphatic carbocycles. The third-order valence-corrected chi connectivity index (χ3v) is 7.18. The third kappa shape index (κ3) is 4.60. The molecule has 10 heteroatoms. The summed E-state index contributed by atoms with van der Waals surface area (Å²) in [4.78, 5) is 67.3. The van der Waals surface area contributed by atoms with E-state index in [1.54, 1.807) is 42.5 Å². The lowest BCUT2D eigenvalue weighted by atomic mass is 9.82. The van der Waals surface area contributed by atoms with Crippen LogP contribution in [0.25, 0.3) is 0 Å². The minimum atomic E-state index is -0.741. The Hall–Kier alpha value is -4.60. The molecule has 0 saturated carbocycles. The molecule has 0 spiro atoms. The lowest BCUT2D eigenvalue weighted by molar-refractivity contribution is -0.137. The molecule has 0 bridgehead atoms. The van der Waals surface area contributed by atoms with Crippen molar-refractivity contribution in [2.75, 3.05) is 7.11 Å². The van der Waals surface area contributed by atoms with Crippen LogP contribution < -0.4 is 5.32 Å². The van der Waals surface area contributed by atoms with Crippen molar-refractivity contribution in [1.82, 2.24) is 10.2 Å². The van der Waals surface area contributed by atoms with E-state index in [2.05, 4.69) is 10.3 Å². The van der Waals surface area contributed by atoms with Crippen molar-refractivity contribution in [1.29, 1.82) is 0 Å². The highest BCUT2D eigenvalue weighted by molar-refractivity contribution is 6.15. The van der Waals surface area contributed by atoms with Gasteiger partial charge in [0.1, 0.15) is 11.8 Å². The van der Waals surface area contributed by atoms with E-state index < -0.39 is 17.9 Å². The largest absolute Gasteiger partial charge is 0.511 e. The van der Waals surface area contributed by atoms with Crippen molar-refractivity contribution in [2.45, 2.75) is 44.2 Å². The Morgan fingerprint density at radius 1 is 1.11 bits per heavy atom. The van der Waals surface area contributed by atoms with Crippen LogP contribution in [-0.4, -0.2) is 58.8 Å². The van der Waals surface area contributed by atoms with Crippen LogP contribution in [0.4, 0.5) is 5.69 Å². The smallest absolute Gasteiger partial charge is 0.337 e. The molecular weight excluding hydrogens is 490 g/mol. The van der Waals surface area contributed by atoms with Crippen LogP contribution in [0.5, 0.6) is 0 Å². The second kappa shape index (κ2) is 10.0. The van der Waals surface area contributed by atoms with Crippen molar-refractivity contribution < 1.29 is 33.8 Å². The molecule has 3 aliphatic rings. The van der Waals surface area contributed by atoms with E-state index in [4.69, 9.17) is 4.74 Å². The molecule has 2 unspecified atom stereocenters. The zero-order chi connectivity index (χ0) is 27.0. The summed E-state index contributed by atoms with van der Waals surface area (Å²) >= 11 is 0. The third-order valence-electron chi connectivity index (χ3n) is 7.18. The number of methoxy groups -OCH3 is 1. The number of amides is 3. The van der Waals surface area contributed by atoms with Crippen molar-refractivity contribution >= 4 is 41.4 Å². The van der Waals surface area contributed by atoms with Crippen molar-refractivity contribution in [3.63, 3.8) is 0 Å². The number of piperidine rings is 1. The van der Waals surface area contributed by atoms with Crippen molar-refractivity contribution in [3.05, 3.63) is 76.1 Å². The topological polar surface area (TPSA) is 142 Å². The van der Waals surface area contributed by atoms with Gasteiger partial charge in [-0.15, -0.1) is 0 Å². The van der Waals surface area contributed by atoms with E-state index in [-0.39, 0.29) is 67.1 Å². The van der Waals surface area contributed by atoms with Gasteiger partial charge in [-0.2, -0.15) is 0 Å².